The maximum Gasteiger partial charge on any atom is 0.461 e. The molecule has 3 aromatic rings. The van der Waals surface area contributed by atoms with E-state index in [0.717, 1.165) is 24.3 Å². The first kappa shape index (κ1) is 29.5. The van der Waals surface area contributed by atoms with Crippen molar-refractivity contribution >= 4 is 44.9 Å². The zero-order valence-corrected chi connectivity index (χ0v) is 19.3. The van der Waals surface area contributed by atoms with Gasteiger partial charge in [0.15, 0.2) is 0 Å². The van der Waals surface area contributed by atoms with Gasteiger partial charge < -0.3 is 14.8 Å². The van der Waals surface area contributed by atoms with Crippen molar-refractivity contribution in [1.29, 1.82) is 0 Å². The minimum Gasteiger partial charge on any atom is -0.507 e. The Kier molecular flexibility index (Phi) is 7.27. The number of alkyl halides is 10. The highest BCUT2D eigenvalue weighted by Crippen LogP contribution is 2.39. The van der Waals surface area contributed by atoms with E-state index in [4.69, 9.17) is 0 Å². The van der Waals surface area contributed by atoms with Crippen molar-refractivity contribution in [3.63, 3.8) is 0 Å². The molecule has 0 aliphatic rings. The summed E-state index contributed by atoms with van der Waals surface area (Å²) in [5.74, 6) is -19.5. The number of ketones is 2. The number of aliphatic hydroxyl groups excluding tert-OH is 2. The smallest absolute Gasteiger partial charge is 0.461 e. The van der Waals surface area contributed by atoms with Crippen molar-refractivity contribution < 1.29 is 63.7 Å². The highest BCUT2D eigenvalue weighted by atomic mass is 19.4. The zero-order valence-electron chi connectivity index (χ0n) is 19.3. The number of hydrogen-bond donors (Lipinski definition) is 2. The third-order valence-corrected chi connectivity index (χ3v) is 5.64. The lowest BCUT2D eigenvalue weighted by molar-refractivity contribution is -0.266. The summed E-state index contributed by atoms with van der Waals surface area (Å²) in [7, 11) is 0. The van der Waals surface area contributed by atoms with Crippen molar-refractivity contribution in [3.05, 3.63) is 59.7 Å². The maximum atomic E-state index is 13.3. The average molecular weight is 571 g/mol. The minimum atomic E-state index is -6.21. The molecule has 2 N–H and O–H groups in total. The maximum absolute atomic E-state index is 13.3. The number of allylic oxidation sites excluding steroid dienone is 2. The van der Waals surface area contributed by atoms with Gasteiger partial charge in [-0.05, 0) is 43.3 Å². The number of aryl methyl sites for hydroxylation is 1. The molecule has 39 heavy (non-hydrogen) atoms. The number of aromatic nitrogens is 1. The monoisotopic (exact) mass is 571 g/mol. The Balaban J connectivity index is 2.14. The van der Waals surface area contributed by atoms with Crippen LogP contribution in [0.3, 0.4) is 0 Å². The molecule has 5 nitrogen and oxygen atoms in total. The summed E-state index contributed by atoms with van der Waals surface area (Å²) in [6.45, 7) is 1.97. The van der Waals surface area contributed by atoms with Crippen molar-refractivity contribution in [2.24, 2.45) is 0 Å². The quantitative estimate of drug-likeness (QED) is 0.180. The molecule has 0 bridgehead atoms. The second kappa shape index (κ2) is 9.61. The van der Waals surface area contributed by atoms with Crippen LogP contribution in [0.2, 0.25) is 0 Å². The summed E-state index contributed by atoms with van der Waals surface area (Å²) in [6.07, 6.45) is -13.0. The predicted molar refractivity (Wildman–Crippen MR) is 118 cm³/mol. The number of benzene rings is 2. The molecule has 0 saturated heterocycles. The molecule has 15 heteroatoms. The van der Waals surface area contributed by atoms with Gasteiger partial charge in [-0.1, -0.05) is 0 Å². The van der Waals surface area contributed by atoms with E-state index in [2.05, 4.69) is 0 Å². The van der Waals surface area contributed by atoms with E-state index in [-0.39, 0.29) is 40.6 Å². The molecular weight excluding hydrogens is 556 g/mol. The number of rotatable bonds is 7. The molecule has 0 spiro atoms. The predicted octanol–water partition coefficient (Wildman–Crippen LogP) is 7.15. The van der Waals surface area contributed by atoms with Gasteiger partial charge in [-0.3, -0.25) is 9.59 Å². The lowest BCUT2D eigenvalue weighted by Crippen LogP contribution is -2.43. The molecule has 0 unspecified atom stereocenters. The molecule has 210 valence electrons. The van der Waals surface area contributed by atoms with Gasteiger partial charge in [0, 0.05) is 51.6 Å². The van der Waals surface area contributed by atoms with Crippen molar-refractivity contribution in [2.75, 3.05) is 0 Å². The second-order valence-electron chi connectivity index (χ2n) is 8.14. The van der Waals surface area contributed by atoms with Crippen molar-refractivity contribution in [2.45, 2.75) is 37.7 Å². The largest absolute Gasteiger partial charge is 0.507 e. The Hall–Kier alpha value is -4.04. The molecular formula is C24H15F10NO4. The van der Waals surface area contributed by atoms with E-state index in [0.29, 0.717) is 11.0 Å². The number of carbonyl (C=O) groups is 2. The number of carbonyl (C=O) groups excluding carboxylic acids is 2. The van der Waals surface area contributed by atoms with Crippen LogP contribution >= 0.6 is 0 Å². The lowest BCUT2D eigenvalue weighted by atomic mass is 10.0. The topological polar surface area (TPSA) is 79.5 Å². The Morgan fingerprint density at radius 1 is 0.692 bits per heavy atom. The first-order chi connectivity index (χ1) is 17.7. The van der Waals surface area contributed by atoms with E-state index in [1.54, 1.807) is 11.5 Å². The van der Waals surface area contributed by atoms with Gasteiger partial charge in [0.2, 0.25) is 11.6 Å². The number of nitrogens with zero attached hydrogens (tertiary/aromatic N) is 1. The SMILES string of the molecule is CCn1c2ccc(/C(O)=C/C(=O)C(F)(F)C(F)(F)F)cc2c2cc(/C(O)=C/C(=O)C(F)(F)C(F)(F)F)ccc21. The summed E-state index contributed by atoms with van der Waals surface area (Å²) in [6, 6.07) is 7.01. The molecule has 0 radical (unpaired) electrons. The van der Waals surface area contributed by atoms with Gasteiger partial charge in [0.25, 0.3) is 0 Å². The molecule has 0 atom stereocenters. The molecule has 0 aliphatic heterocycles. The summed E-state index contributed by atoms with van der Waals surface area (Å²) in [4.78, 5) is 22.9. The van der Waals surface area contributed by atoms with E-state index < -0.39 is 47.3 Å². The number of aliphatic hydroxyl groups is 2. The average Bonchev–Trinajstić information content (AvgIpc) is 3.14. The third kappa shape index (κ3) is 5.16. The summed E-state index contributed by atoms with van der Waals surface area (Å²) < 4.78 is 129. The molecule has 1 heterocycles. The Morgan fingerprint density at radius 3 is 1.31 bits per heavy atom. The van der Waals surface area contributed by atoms with Crippen LogP contribution in [0.15, 0.2) is 48.6 Å². The molecule has 1 aromatic heterocycles. The van der Waals surface area contributed by atoms with E-state index >= 15 is 0 Å². The molecule has 3 rings (SSSR count). The van der Waals surface area contributed by atoms with Crippen LogP contribution in [0.4, 0.5) is 43.9 Å². The van der Waals surface area contributed by atoms with Crippen LogP contribution in [-0.4, -0.2) is 50.5 Å². The fraction of sp³-hybridized carbons (Fsp3) is 0.250. The molecule has 0 saturated carbocycles. The van der Waals surface area contributed by atoms with Crippen molar-refractivity contribution in [3.8, 4) is 0 Å². The van der Waals surface area contributed by atoms with Gasteiger partial charge >= 0.3 is 24.2 Å². The van der Waals surface area contributed by atoms with Crippen LogP contribution in [-0.2, 0) is 16.1 Å². The van der Waals surface area contributed by atoms with Crippen LogP contribution in [0.5, 0.6) is 0 Å². The fourth-order valence-corrected chi connectivity index (χ4v) is 3.64. The van der Waals surface area contributed by atoms with Gasteiger partial charge in [0.1, 0.15) is 11.5 Å². The van der Waals surface area contributed by atoms with Crippen LogP contribution in [0.1, 0.15) is 18.1 Å². The van der Waals surface area contributed by atoms with Crippen LogP contribution < -0.4 is 0 Å². The molecule has 0 aliphatic carbocycles. The summed E-state index contributed by atoms with van der Waals surface area (Å²) >= 11 is 0. The first-order valence-electron chi connectivity index (χ1n) is 10.6. The van der Waals surface area contributed by atoms with Crippen LogP contribution in [0.25, 0.3) is 33.3 Å². The van der Waals surface area contributed by atoms with Gasteiger partial charge in [-0.25, -0.2) is 0 Å². The number of halogens is 10. The van der Waals surface area contributed by atoms with E-state index in [1.807, 2.05) is 0 Å². The van der Waals surface area contributed by atoms with Gasteiger partial charge in [-0.2, -0.15) is 43.9 Å². The molecule has 0 amide bonds. The van der Waals surface area contributed by atoms with Crippen LogP contribution in [0, 0.1) is 0 Å². The Labute approximate surface area is 211 Å². The standard InChI is InChI=1S/C24H15F10NO4/c1-2-35-15-5-3-11(17(36)9-19(38)21(25,26)23(29,30)31)7-13(15)14-8-12(4-6-16(14)35)18(37)10-20(39)22(27,28)24(32,33)34/h3-10,36-37H,2H2,1H3/b17-9-,18-10-. The third-order valence-electron chi connectivity index (χ3n) is 5.64. The second-order valence-corrected chi connectivity index (χ2v) is 8.14. The summed E-state index contributed by atoms with van der Waals surface area (Å²) in [5, 5.41) is 20.5. The van der Waals surface area contributed by atoms with Gasteiger partial charge in [0.05, 0.1) is 0 Å². The number of fused-ring (bicyclic) bond motifs is 3. The highest BCUT2D eigenvalue weighted by molar-refractivity contribution is 6.10. The highest BCUT2D eigenvalue weighted by Gasteiger charge is 2.63. The fourth-order valence-electron chi connectivity index (χ4n) is 3.64. The normalized spacial score (nSPS) is 14.3. The van der Waals surface area contributed by atoms with E-state index in [9.17, 15) is 63.7 Å². The first-order valence-corrected chi connectivity index (χ1v) is 10.6. The zero-order chi connectivity index (χ0) is 29.7. The molecule has 2 aromatic carbocycles. The van der Waals surface area contributed by atoms with E-state index in [1.165, 1.54) is 12.1 Å². The molecule has 0 fully saturated rings. The van der Waals surface area contributed by atoms with Gasteiger partial charge in [-0.15, -0.1) is 0 Å². The number of hydrogen-bond acceptors (Lipinski definition) is 4. The lowest BCUT2D eigenvalue weighted by Gasteiger charge is -2.16. The van der Waals surface area contributed by atoms with Crippen molar-refractivity contribution in [1.82, 2.24) is 4.57 Å². The minimum absolute atomic E-state index is 0.154. The Bertz CT molecular complexity index is 1420. The Morgan fingerprint density at radius 2 is 1.03 bits per heavy atom. The summed E-state index contributed by atoms with van der Waals surface area (Å²) in [5.41, 5.74) is 0.0101.